The van der Waals surface area contributed by atoms with Gasteiger partial charge < -0.3 is 9.30 Å². The molecule has 0 aliphatic rings. The van der Waals surface area contributed by atoms with Crippen molar-refractivity contribution in [3.63, 3.8) is 0 Å². The minimum atomic E-state index is 0.492. The van der Waals surface area contributed by atoms with Crippen molar-refractivity contribution in [2.75, 3.05) is 0 Å². The predicted octanol–water partition coefficient (Wildman–Crippen LogP) is 4.89. The van der Waals surface area contributed by atoms with Gasteiger partial charge in [0.15, 0.2) is 0 Å². The Morgan fingerprint density at radius 1 is 1.04 bits per heavy atom. The van der Waals surface area contributed by atoms with E-state index in [-0.39, 0.29) is 0 Å². The van der Waals surface area contributed by atoms with Crippen LogP contribution in [0.5, 0.6) is 5.75 Å². The molecule has 2 aromatic carbocycles. The fraction of sp³-hybridized carbons (Fsp3) is 0.350. The van der Waals surface area contributed by atoms with Crippen LogP contribution in [0, 0.1) is 19.8 Å². The molecule has 23 heavy (non-hydrogen) atoms. The Balaban J connectivity index is 1.91. The van der Waals surface area contributed by atoms with Crippen molar-refractivity contribution in [3.8, 4) is 5.75 Å². The standard InChI is InChI=1S/C20H24N2O/c1-14(2)12-22-18-10-6-5-9-17(18)21-20(22)13-23-19-11-7-8-15(3)16(19)4/h5-11,14H,12-13H2,1-4H3. The van der Waals surface area contributed by atoms with Crippen molar-refractivity contribution in [3.05, 3.63) is 59.4 Å². The molecule has 0 saturated carbocycles. The zero-order valence-corrected chi connectivity index (χ0v) is 14.3. The van der Waals surface area contributed by atoms with Crippen LogP contribution in [-0.4, -0.2) is 9.55 Å². The quantitative estimate of drug-likeness (QED) is 0.671. The molecule has 0 bridgehead atoms. The smallest absolute Gasteiger partial charge is 0.148 e. The molecule has 3 aromatic rings. The Bertz CT molecular complexity index is 818. The fourth-order valence-corrected chi connectivity index (χ4v) is 2.83. The molecule has 3 nitrogen and oxygen atoms in total. The van der Waals surface area contributed by atoms with E-state index in [0.717, 1.165) is 23.6 Å². The van der Waals surface area contributed by atoms with Crippen LogP contribution in [0.25, 0.3) is 11.0 Å². The molecule has 0 fully saturated rings. The van der Waals surface area contributed by atoms with Gasteiger partial charge in [-0.15, -0.1) is 0 Å². The van der Waals surface area contributed by atoms with Gasteiger partial charge in [-0.2, -0.15) is 0 Å². The van der Waals surface area contributed by atoms with Gasteiger partial charge in [0, 0.05) is 6.54 Å². The summed E-state index contributed by atoms with van der Waals surface area (Å²) in [5.41, 5.74) is 4.66. The molecule has 0 atom stereocenters. The number of aryl methyl sites for hydroxylation is 1. The van der Waals surface area contributed by atoms with E-state index in [1.807, 2.05) is 18.2 Å². The lowest BCUT2D eigenvalue weighted by molar-refractivity contribution is 0.285. The van der Waals surface area contributed by atoms with Gasteiger partial charge in [0.05, 0.1) is 11.0 Å². The van der Waals surface area contributed by atoms with E-state index in [1.54, 1.807) is 0 Å². The number of rotatable bonds is 5. The van der Waals surface area contributed by atoms with Crippen molar-refractivity contribution in [1.82, 2.24) is 9.55 Å². The first kappa shape index (κ1) is 15.6. The lowest BCUT2D eigenvalue weighted by Gasteiger charge is -2.14. The maximum Gasteiger partial charge on any atom is 0.148 e. The van der Waals surface area contributed by atoms with Gasteiger partial charge in [0.2, 0.25) is 0 Å². The zero-order chi connectivity index (χ0) is 16.4. The Kier molecular flexibility index (Phi) is 4.37. The molecule has 0 N–H and O–H groups in total. The topological polar surface area (TPSA) is 27.1 Å². The summed E-state index contributed by atoms with van der Waals surface area (Å²) in [6, 6.07) is 14.5. The normalized spacial score (nSPS) is 11.3. The Labute approximate surface area is 137 Å². The van der Waals surface area contributed by atoms with Crippen molar-refractivity contribution in [2.24, 2.45) is 5.92 Å². The van der Waals surface area contributed by atoms with Crippen LogP contribution in [0.1, 0.15) is 30.8 Å². The summed E-state index contributed by atoms with van der Waals surface area (Å²) < 4.78 is 8.35. The van der Waals surface area contributed by atoms with Gasteiger partial charge in [0.25, 0.3) is 0 Å². The highest BCUT2D eigenvalue weighted by Crippen LogP contribution is 2.23. The summed E-state index contributed by atoms with van der Waals surface area (Å²) in [5.74, 6) is 2.49. The molecule has 0 radical (unpaired) electrons. The molecular formula is C20H24N2O. The predicted molar refractivity (Wildman–Crippen MR) is 94.8 cm³/mol. The minimum absolute atomic E-state index is 0.492. The van der Waals surface area contributed by atoms with Crippen LogP contribution in [0.4, 0.5) is 0 Å². The van der Waals surface area contributed by atoms with Crippen LogP contribution in [0.15, 0.2) is 42.5 Å². The van der Waals surface area contributed by atoms with Crippen LogP contribution in [0.2, 0.25) is 0 Å². The molecule has 1 aromatic heterocycles. The van der Waals surface area contributed by atoms with Gasteiger partial charge in [-0.05, 0) is 49.1 Å². The number of benzene rings is 2. The van der Waals surface area contributed by atoms with E-state index in [9.17, 15) is 0 Å². The lowest BCUT2D eigenvalue weighted by Crippen LogP contribution is -2.11. The monoisotopic (exact) mass is 308 g/mol. The number of hydrogen-bond donors (Lipinski definition) is 0. The third-order valence-electron chi connectivity index (χ3n) is 4.19. The highest BCUT2D eigenvalue weighted by atomic mass is 16.5. The summed E-state index contributed by atoms with van der Waals surface area (Å²) in [4.78, 5) is 4.77. The van der Waals surface area contributed by atoms with Crippen molar-refractivity contribution >= 4 is 11.0 Å². The van der Waals surface area contributed by atoms with Crippen LogP contribution >= 0.6 is 0 Å². The molecule has 0 saturated heterocycles. The molecule has 3 heteroatoms. The third-order valence-corrected chi connectivity index (χ3v) is 4.19. The number of para-hydroxylation sites is 2. The number of ether oxygens (including phenoxy) is 1. The largest absolute Gasteiger partial charge is 0.485 e. The number of nitrogens with zero attached hydrogens (tertiary/aromatic N) is 2. The fourth-order valence-electron chi connectivity index (χ4n) is 2.83. The SMILES string of the molecule is Cc1cccc(OCc2nc3ccccc3n2CC(C)C)c1C. The molecule has 0 aliphatic carbocycles. The summed E-state index contributed by atoms with van der Waals surface area (Å²) in [6.45, 7) is 10.1. The molecule has 0 unspecified atom stereocenters. The molecule has 120 valence electrons. The molecule has 0 aliphatic heterocycles. The summed E-state index contributed by atoms with van der Waals surface area (Å²) in [5, 5.41) is 0. The van der Waals surface area contributed by atoms with Crippen LogP contribution in [-0.2, 0) is 13.2 Å². The summed E-state index contributed by atoms with van der Waals surface area (Å²) in [7, 11) is 0. The van der Waals surface area contributed by atoms with Crippen molar-refractivity contribution in [1.29, 1.82) is 0 Å². The maximum absolute atomic E-state index is 6.07. The highest BCUT2D eigenvalue weighted by Gasteiger charge is 2.12. The Morgan fingerprint density at radius 3 is 2.61 bits per heavy atom. The average molecular weight is 308 g/mol. The maximum atomic E-state index is 6.07. The number of fused-ring (bicyclic) bond motifs is 1. The molecule has 1 heterocycles. The highest BCUT2D eigenvalue weighted by molar-refractivity contribution is 5.75. The van der Waals surface area contributed by atoms with Gasteiger partial charge >= 0.3 is 0 Å². The van der Waals surface area contributed by atoms with Crippen molar-refractivity contribution < 1.29 is 4.74 Å². The molecule has 3 rings (SSSR count). The van der Waals surface area contributed by atoms with E-state index in [4.69, 9.17) is 9.72 Å². The van der Waals surface area contributed by atoms with E-state index in [1.165, 1.54) is 16.6 Å². The summed E-state index contributed by atoms with van der Waals surface area (Å²) in [6.07, 6.45) is 0. The second kappa shape index (κ2) is 6.45. The van der Waals surface area contributed by atoms with E-state index in [2.05, 4.69) is 56.5 Å². The first-order valence-electron chi connectivity index (χ1n) is 8.19. The first-order chi connectivity index (χ1) is 11.1. The van der Waals surface area contributed by atoms with Gasteiger partial charge in [-0.1, -0.05) is 38.1 Å². The van der Waals surface area contributed by atoms with Gasteiger partial charge in [-0.25, -0.2) is 4.98 Å². The number of imidazole rings is 1. The van der Waals surface area contributed by atoms with Gasteiger partial charge in [-0.3, -0.25) is 0 Å². The number of aromatic nitrogens is 2. The first-order valence-corrected chi connectivity index (χ1v) is 8.19. The molecule has 0 amide bonds. The van der Waals surface area contributed by atoms with Crippen LogP contribution < -0.4 is 4.74 Å². The Morgan fingerprint density at radius 2 is 1.83 bits per heavy atom. The second-order valence-corrected chi connectivity index (χ2v) is 6.51. The van der Waals surface area contributed by atoms with E-state index in [0.29, 0.717) is 12.5 Å². The summed E-state index contributed by atoms with van der Waals surface area (Å²) >= 11 is 0. The van der Waals surface area contributed by atoms with E-state index >= 15 is 0 Å². The third kappa shape index (κ3) is 3.24. The second-order valence-electron chi connectivity index (χ2n) is 6.51. The lowest BCUT2D eigenvalue weighted by atomic mass is 10.1. The van der Waals surface area contributed by atoms with E-state index < -0.39 is 0 Å². The minimum Gasteiger partial charge on any atom is -0.485 e. The molecular weight excluding hydrogens is 284 g/mol. The molecule has 0 spiro atoms. The number of hydrogen-bond acceptors (Lipinski definition) is 2. The zero-order valence-electron chi connectivity index (χ0n) is 14.3. The van der Waals surface area contributed by atoms with Crippen molar-refractivity contribution in [2.45, 2.75) is 40.8 Å². The van der Waals surface area contributed by atoms with Gasteiger partial charge in [0.1, 0.15) is 18.2 Å². The average Bonchev–Trinajstić information content (AvgIpc) is 2.86. The van der Waals surface area contributed by atoms with Crippen LogP contribution in [0.3, 0.4) is 0 Å². The Hall–Kier alpha value is -2.29.